The first-order chi connectivity index (χ1) is 16.4. The van der Waals surface area contributed by atoms with Crippen LogP contribution in [0.25, 0.3) is 22.0 Å². The van der Waals surface area contributed by atoms with Crippen molar-refractivity contribution in [3.05, 3.63) is 42.4 Å². The van der Waals surface area contributed by atoms with Crippen LogP contribution in [0.2, 0.25) is 0 Å². The van der Waals surface area contributed by atoms with Gasteiger partial charge in [-0.2, -0.15) is 13.2 Å². The molecule has 1 saturated carbocycles. The highest BCUT2D eigenvalue weighted by Crippen LogP contribution is 2.37. The molecule has 0 spiro atoms. The number of ether oxygens (including phenoxy) is 1. The highest BCUT2D eigenvalue weighted by Gasteiger charge is 2.32. The molecular formula is C24H26F3N5O2. The van der Waals surface area contributed by atoms with Crippen molar-refractivity contribution in [1.82, 2.24) is 19.9 Å². The van der Waals surface area contributed by atoms with E-state index in [1.807, 2.05) is 0 Å². The number of hydrogen-bond donors (Lipinski definition) is 2. The third-order valence-corrected chi connectivity index (χ3v) is 6.74. The summed E-state index contributed by atoms with van der Waals surface area (Å²) in [6, 6.07) is 6.78. The van der Waals surface area contributed by atoms with Gasteiger partial charge in [0, 0.05) is 42.3 Å². The number of anilines is 1. The highest BCUT2D eigenvalue weighted by molar-refractivity contribution is 5.93. The van der Waals surface area contributed by atoms with Crippen molar-refractivity contribution in [2.24, 2.45) is 0 Å². The fraction of sp³-hybridized carbons (Fsp3) is 0.458. The van der Waals surface area contributed by atoms with Crippen LogP contribution in [-0.2, 0) is 10.9 Å². The van der Waals surface area contributed by atoms with Gasteiger partial charge in [0.05, 0.1) is 24.3 Å². The van der Waals surface area contributed by atoms with Gasteiger partial charge in [-0.25, -0.2) is 15.0 Å². The van der Waals surface area contributed by atoms with Gasteiger partial charge in [0.2, 0.25) is 5.88 Å². The van der Waals surface area contributed by atoms with E-state index >= 15 is 0 Å². The van der Waals surface area contributed by atoms with E-state index in [2.05, 4.69) is 25.2 Å². The molecule has 10 heteroatoms. The van der Waals surface area contributed by atoms with Gasteiger partial charge in [-0.3, -0.25) is 4.90 Å². The van der Waals surface area contributed by atoms with Crippen LogP contribution in [0.1, 0.15) is 31.2 Å². The monoisotopic (exact) mass is 473 g/mol. The molecule has 3 heterocycles. The van der Waals surface area contributed by atoms with E-state index in [4.69, 9.17) is 4.74 Å². The number of hydrogen-bond acceptors (Lipinski definition) is 7. The molecule has 2 N–H and O–H groups in total. The normalized spacial score (nSPS) is 22.1. The summed E-state index contributed by atoms with van der Waals surface area (Å²) in [5.41, 5.74) is 0.179. The van der Waals surface area contributed by atoms with Crippen LogP contribution >= 0.6 is 0 Å². The summed E-state index contributed by atoms with van der Waals surface area (Å²) < 4.78 is 45.0. The molecule has 2 fully saturated rings. The molecule has 5 rings (SSSR count). The quantitative estimate of drug-likeness (QED) is 0.578. The van der Waals surface area contributed by atoms with Crippen molar-refractivity contribution in [1.29, 1.82) is 0 Å². The van der Waals surface area contributed by atoms with E-state index in [1.54, 1.807) is 18.2 Å². The number of nitrogens with one attached hydrogen (secondary N) is 1. The number of rotatable bonds is 4. The number of alkyl halides is 3. The molecule has 1 aliphatic heterocycles. The molecule has 2 aromatic heterocycles. The van der Waals surface area contributed by atoms with Crippen molar-refractivity contribution in [2.45, 2.75) is 43.9 Å². The second-order valence-corrected chi connectivity index (χ2v) is 8.85. The maximum Gasteiger partial charge on any atom is 0.417 e. The Hall–Kier alpha value is -2.98. The lowest BCUT2D eigenvalue weighted by molar-refractivity contribution is -0.137. The van der Waals surface area contributed by atoms with Crippen molar-refractivity contribution < 1.29 is 23.0 Å². The first-order valence-corrected chi connectivity index (χ1v) is 11.5. The van der Waals surface area contributed by atoms with Gasteiger partial charge in [0.15, 0.2) is 0 Å². The maximum atomic E-state index is 13.2. The van der Waals surface area contributed by atoms with E-state index < -0.39 is 17.6 Å². The van der Waals surface area contributed by atoms with Crippen LogP contribution < -0.4 is 5.32 Å². The zero-order chi connectivity index (χ0) is 23.7. The number of aromatic nitrogens is 3. The van der Waals surface area contributed by atoms with Gasteiger partial charge >= 0.3 is 6.18 Å². The molecule has 1 aromatic carbocycles. The Kier molecular flexibility index (Phi) is 6.26. The summed E-state index contributed by atoms with van der Waals surface area (Å²) in [4.78, 5) is 14.8. The minimum Gasteiger partial charge on any atom is -0.493 e. The standard InChI is InChI=1S/C24H26F3N5O2/c25-24(26,27)16-12-19(23(33)28-13-16)15-1-6-21-20(11-15)22(30-14-29-21)31-17-2-4-18(5-3-17)32-7-9-34-10-8-32/h1,6,11-14,17-18H,2-5,7-10H2,(H,28,33)(H,29,30,31). The van der Waals surface area contributed by atoms with Crippen molar-refractivity contribution in [2.75, 3.05) is 31.6 Å². The van der Waals surface area contributed by atoms with Crippen molar-refractivity contribution in [3.63, 3.8) is 0 Å². The van der Waals surface area contributed by atoms with Crippen LogP contribution in [0.15, 0.2) is 36.8 Å². The molecule has 3 aromatic rings. The Morgan fingerprint density at radius 2 is 1.76 bits per heavy atom. The first-order valence-electron chi connectivity index (χ1n) is 11.5. The molecule has 7 nitrogen and oxygen atoms in total. The second kappa shape index (κ2) is 9.34. The zero-order valence-electron chi connectivity index (χ0n) is 18.6. The Morgan fingerprint density at radius 1 is 1.00 bits per heavy atom. The van der Waals surface area contributed by atoms with Gasteiger partial charge in [0.25, 0.3) is 0 Å². The SMILES string of the molecule is Oc1ncc(C(F)(F)F)cc1-c1ccc2ncnc(NC3CCC(N4CCOCC4)CC3)c2c1. The Labute approximate surface area is 195 Å². The molecule has 0 bridgehead atoms. The van der Waals surface area contributed by atoms with Crippen molar-refractivity contribution in [3.8, 4) is 17.0 Å². The Bertz CT molecular complexity index is 1160. The fourth-order valence-corrected chi connectivity index (χ4v) is 4.89. The van der Waals surface area contributed by atoms with Crippen molar-refractivity contribution >= 4 is 16.7 Å². The summed E-state index contributed by atoms with van der Waals surface area (Å²) in [6.45, 7) is 3.56. The topological polar surface area (TPSA) is 83.4 Å². The molecule has 0 amide bonds. The number of fused-ring (bicyclic) bond motifs is 1. The van der Waals surface area contributed by atoms with Gasteiger partial charge in [-0.1, -0.05) is 6.07 Å². The molecule has 1 saturated heterocycles. The minimum absolute atomic E-state index is 0.0116. The third kappa shape index (κ3) is 4.78. The number of pyridine rings is 1. The lowest BCUT2D eigenvalue weighted by atomic mass is 9.90. The summed E-state index contributed by atoms with van der Waals surface area (Å²) in [7, 11) is 0. The van der Waals surface area contributed by atoms with Gasteiger partial charge < -0.3 is 15.2 Å². The third-order valence-electron chi connectivity index (χ3n) is 6.74. The Balaban J connectivity index is 1.37. The van der Waals surface area contributed by atoms with E-state index in [0.29, 0.717) is 34.5 Å². The predicted octanol–water partition coefficient (Wildman–Crippen LogP) is 4.47. The maximum absolute atomic E-state index is 13.2. The van der Waals surface area contributed by atoms with Crippen LogP contribution in [0.5, 0.6) is 5.88 Å². The fourth-order valence-electron chi connectivity index (χ4n) is 4.89. The summed E-state index contributed by atoms with van der Waals surface area (Å²) in [5, 5.41) is 14.4. The number of halogens is 3. The van der Waals surface area contributed by atoms with Crippen LogP contribution in [0.4, 0.5) is 19.0 Å². The average Bonchev–Trinajstić information content (AvgIpc) is 2.85. The smallest absolute Gasteiger partial charge is 0.417 e. The second-order valence-electron chi connectivity index (χ2n) is 8.85. The highest BCUT2D eigenvalue weighted by atomic mass is 19.4. The van der Waals surface area contributed by atoms with Crippen LogP contribution in [-0.4, -0.2) is 63.3 Å². The molecule has 0 unspecified atom stereocenters. The van der Waals surface area contributed by atoms with Gasteiger partial charge in [0.1, 0.15) is 12.1 Å². The van der Waals surface area contributed by atoms with E-state index in [9.17, 15) is 18.3 Å². The predicted molar refractivity (Wildman–Crippen MR) is 121 cm³/mol. The molecular weight excluding hydrogens is 447 g/mol. The first kappa shape index (κ1) is 22.8. The minimum atomic E-state index is -4.55. The Morgan fingerprint density at radius 3 is 2.50 bits per heavy atom. The zero-order valence-corrected chi connectivity index (χ0v) is 18.6. The summed E-state index contributed by atoms with van der Waals surface area (Å²) in [6.07, 6.45) is 1.75. The summed E-state index contributed by atoms with van der Waals surface area (Å²) in [5.74, 6) is 0.182. The van der Waals surface area contributed by atoms with E-state index in [-0.39, 0.29) is 11.6 Å². The molecule has 180 valence electrons. The average molecular weight is 473 g/mol. The van der Waals surface area contributed by atoms with E-state index in [1.165, 1.54) is 6.33 Å². The lowest BCUT2D eigenvalue weighted by Gasteiger charge is -2.39. The van der Waals surface area contributed by atoms with Gasteiger partial charge in [-0.05, 0) is 49.4 Å². The number of aromatic hydroxyl groups is 1. The molecule has 2 aliphatic rings. The number of morpholine rings is 1. The van der Waals surface area contributed by atoms with Crippen LogP contribution in [0.3, 0.4) is 0 Å². The summed E-state index contributed by atoms with van der Waals surface area (Å²) >= 11 is 0. The molecule has 34 heavy (non-hydrogen) atoms. The number of benzene rings is 1. The van der Waals surface area contributed by atoms with Gasteiger partial charge in [-0.15, -0.1) is 0 Å². The lowest BCUT2D eigenvalue weighted by Crippen LogP contribution is -2.46. The molecule has 0 atom stereocenters. The van der Waals surface area contributed by atoms with E-state index in [0.717, 1.165) is 58.1 Å². The van der Waals surface area contributed by atoms with Crippen LogP contribution in [0, 0.1) is 0 Å². The molecule has 1 aliphatic carbocycles. The number of nitrogens with zero attached hydrogens (tertiary/aromatic N) is 4. The molecule has 0 radical (unpaired) electrons. The largest absolute Gasteiger partial charge is 0.493 e.